The van der Waals surface area contributed by atoms with Crippen molar-refractivity contribution in [2.24, 2.45) is 0 Å². The first kappa shape index (κ1) is 17.3. The number of piperidine rings is 1. The van der Waals surface area contributed by atoms with Crippen LogP contribution in [0.15, 0.2) is 36.7 Å². The molecule has 1 fully saturated rings. The predicted molar refractivity (Wildman–Crippen MR) is 85.4 cm³/mol. The fourth-order valence-electron chi connectivity index (χ4n) is 2.70. The summed E-state index contributed by atoms with van der Waals surface area (Å²) >= 11 is 0. The molecule has 1 aliphatic heterocycles. The Kier molecular flexibility index (Phi) is 4.98. The molecule has 5 nitrogen and oxygen atoms in total. The van der Waals surface area contributed by atoms with Gasteiger partial charge in [0.25, 0.3) is 5.91 Å². The van der Waals surface area contributed by atoms with E-state index in [9.17, 15) is 18.0 Å². The summed E-state index contributed by atoms with van der Waals surface area (Å²) in [6.45, 7) is 1.55. The SMILES string of the molecule is O=C(NN1CCCCC1)c1cc(-c2cccc(C(F)(F)F)c2)ncn1. The van der Waals surface area contributed by atoms with Crippen LogP contribution in [0.2, 0.25) is 0 Å². The zero-order valence-corrected chi connectivity index (χ0v) is 13.4. The molecule has 0 aliphatic carbocycles. The Balaban J connectivity index is 1.80. The number of alkyl halides is 3. The highest BCUT2D eigenvalue weighted by atomic mass is 19.4. The third-order valence-electron chi connectivity index (χ3n) is 4.00. The van der Waals surface area contributed by atoms with E-state index in [1.54, 1.807) is 0 Å². The highest BCUT2D eigenvalue weighted by Gasteiger charge is 2.30. The van der Waals surface area contributed by atoms with Gasteiger partial charge in [-0.15, -0.1) is 0 Å². The number of hydrogen-bond acceptors (Lipinski definition) is 4. The Morgan fingerprint density at radius 2 is 1.84 bits per heavy atom. The molecule has 0 bridgehead atoms. The van der Waals surface area contributed by atoms with Gasteiger partial charge < -0.3 is 0 Å². The number of aromatic nitrogens is 2. The first-order valence-electron chi connectivity index (χ1n) is 7.99. The van der Waals surface area contributed by atoms with Crippen molar-refractivity contribution in [2.75, 3.05) is 13.1 Å². The number of carbonyl (C=O) groups excluding carboxylic acids is 1. The van der Waals surface area contributed by atoms with Crippen molar-refractivity contribution in [3.05, 3.63) is 47.9 Å². The van der Waals surface area contributed by atoms with Gasteiger partial charge in [0.15, 0.2) is 0 Å². The Bertz CT molecular complexity index is 758. The van der Waals surface area contributed by atoms with E-state index in [0.717, 1.165) is 44.5 Å². The van der Waals surface area contributed by atoms with E-state index in [4.69, 9.17) is 0 Å². The van der Waals surface area contributed by atoms with E-state index in [1.165, 1.54) is 24.5 Å². The Morgan fingerprint density at radius 1 is 1.08 bits per heavy atom. The van der Waals surface area contributed by atoms with Crippen molar-refractivity contribution in [3.8, 4) is 11.3 Å². The summed E-state index contributed by atoms with van der Waals surface area (Å²) in [4.78, 5) is 20.2. The Labute approximate surface area is 142 Å². The number of carbonyl (C=O) groups is 1. The van der Waals surface area contributed by atoms with Crippen LogP contribution >= 0.6 is 0 Å². The molecule has 1 aromatic carbocycles. The molecule has 2 heterocycles. The molecule has 3 rings (SSSR count). The van der Waals surface area contributed by atoms with Crippen molar-refractivity contribution in [1.82, 2.24) is 20.4 Å². The van der Waals surface area contributed by atoms with E-state index >= 15 is 0 Å². The molecule has 1 N–H and O–H groups in total. The van der Waals surface area contributed by atoms with Gasteiger partial charge in [-0.3, -0.25) is 10.2 Å². The van der Waals surface area contributed by atoms with Gasteiger partial charge in [-0.25, -0.2) is 15.0 Å². The first-order valence-corrected chi connectivity index (χ1v) is 7.99. The molecule has 1 amide bonds. The van der Waals surface area contributed by atoms with Gasteiger partial charge in [0.1, 0.15) is 12.0 Å². The minimum atomic E-state index is -4.43. The summed E-state index contributed by atoms with van der Waals surface area (Å²) in [5.74, 6) is -0.391. The van der Waals surface area contributed by atoms with Crippen LogP contribution in [0, 0.1) is 0 Å². The normalized spacial score (nSPS) is 15.8. The highest BCUT2D eigenvalue weighted by molar-refractivity contribution is 5.92. The van der Waals surface area contributed by atoms with Crippen LogP contribution in [0.3, 0.4) is 0 Å². The van der Waals surface area contributed by atoms with Crippen LogP contribution in [-0.2, 0) is 6.18 Å². The van der Waals surface area contributed by atoms with Gasteiger partial charge in [-0.2, -0.15) is 13.2 Å². The quantitative estimate of drug-likeness (QED) is 0.923. The number of hydrazine groups is 1. The molecule has 0 radical (unpaired) electrons. The van der Waals surface area contributed by atoms with Crippen LogP contribution < -0.4 is 5.43 Å². The summed E-state index contributed by atoms with van der Waals surface area (Å²) in [6.07, 6.45) is -0.0864. The molecule has 2 aromatic rings. The summed E-state index contributed by atoms with van der Waals surface area (Å²) in [5, 5.41) is 1.83. The third kappa shape index (κ3) is 4.33. The molecule has 132 valence electrons. The maximum Gasteiger partial charge on any atom is 0.416 e. The van der Waals surface area contributed by atoms with Crippen molar-refractivity contribution in [2.45, 2.75) is 25.4 Å². The highest BCUT2D eigenvalue weighted by Crippen LogP contribution is 2.31. The number of nitrogens with zero attached hydrogens (tertiary/aromatic N) is 3. The van der Waals surface area contributed by atoms with E-state index in [0.29, 0.717) is 0 Å². The summed E-state index contributed by atoms with van der Waals surface area (Å²) < 4.78 is 38.5. The molecule has 1 saturated heterocycles. The van der Waals surface area contributed by atoms with Gasteiger partial charge in [0.2, 0.25) is 0 Å². The van der Waals surface area contributed by atoms with E-state index in [-0.39, 0.29) is 17.0 Å². The van der Waals surface area contributed by atoms with Crippen molar-refractivity contribution < 1.29 is 18.0 Å². The predicted octanol–water partition coefficient (Wildman–Crippen LogP) is 3.29. The first-order chi connectivity index (χ1) is 11.9. The number of nitrogens with one attached hydrogen (secondary N) is 1. The largest absolute Gasteiger partial charge is 0.416 e. The lowest BCUT2D eigenvalue weighted by molar-refractivity contribution is -0.137. The van der Waals surface area contributed by atoms with E-state index < -0.39 is 17.6 Å². The van der Waals surface area contributed by atoms with Crippen LogP contribution in [-0.4, -0.2) is 34.0 Å². The number of amides is 1. The average molecular weight is 350 g/mol. The zero-order valence-electron chi connectivity index (χ0n) is 13.4. The van der Waals surface area contributed by atoms with Crippen LogP contribution in [0.1, 0.15) is 35.3 Å². The van der Waals surface area contributed by atoms with E-state index in [2.05, 4.69) is 15.4 Å². The van der Waals surface area contributed by atoms with Crippen LogP contribution in [0.5, 0.6) is 0 Å². The van der Waals surface area contributed by atoms with Crippen LogP contribution in [0.4, 0.5) is 13.2 Å². The van der Waals surface area contributed by atoms with Crippen molar-refractivity contribution >= 4 is 5.91 Å². The van der Waals surface area contributed by atoms with E-state index in [1.807, 2.05) is 5.01 Å². The fourth-order valence-corrected chi connectivity index (χ4v) is 2.70. The molecule has 8 heteroatoms. The summed E-state index contributed by atoms with van der Waals surface area (Å²) in [6, 6.07) is 6.23. The van der Waals surface area contributed by atoms with Gasteiger partial charge in [0.05, 0.1) is 11.3 Å². The lowest BCUT2D eigenvalue weighted by atomic mass is 10.1. The zero-order chi connectivity index (χ0) is 17.9. The summed E-state index contributed by atoms with van der Waals surface area (Å²) in [7, 11) is 0. The minimum absolute atomic E-state index is 0.119. The second kappa shape index (κ2) is 7.18. The molecule has 0 spiro atoms. The molecule has 25 heavy (non-hydrogen) atoms. The maximum absolute atomic E-state index is 12.8. The van der Waals surface area contributed by atoms with Gasteiger partial charge in [-0.05, 0) is 31.0 Å². The van der Waals surface area contributed by atoms with Crippen LogP contribution in [0.25, 0.3) is 11.3 Å². The number of rotatable bonds is 3. The lowest BCUT2D eigenvalue weighted by Gasteiger charge is -2.26. The second-order valence-corrected chi connectivity index (χ2v) is 5.86. The molecule has 0 atom stereocenters. The third-order valence-corrected chi connectivity index (χ3v) is 4.00. The Hall–Kier alpha value is -2.48. The molecular formula is C17H17F3N4O. The number of benzene rings is 1. The second-order valence-electron chi connectivity index (χ2n) is 5.86. The Morgan fingerprint density at radius 3 is 2.56 bits per heavy atom. The van der Waals surface area contributed by atoms with Gasteiger partial charge >= 0.3 is 6.18 Å². The van der Waals surface area contributed by atoms with Crippen molar-refractivity contribution in [3.63, 3.8) is 0 Å². The van der Waals surface area contributed by atoms with Crippen molar-refractivity contribution in [1.29, 1.82) is 0 Å². The number of hydrogen-bond donors (Lipinski definition) is 1. The molecule has 0 saturated carbocycles. The van der Waals surface area contributed by atoms with Gasteiger partial charge in [-0.1, -0.05) is 18.6 Å². The topological polar surface area (TPSA) is 58.1 Å². The van der Waals surface area contributed by atoms with Gasteiger partial charge in [0, 0.05) is 18.7 Å². The monoisotopic (exact) mass is 350 g/mol. The molecule has 1 aromatic heterocycles. The molecular weight excluding hydrogens is 333 g/mol. The molecule has 0 unspecified atom stereocenters. The smallest absolute Gasteiger partial charge is 0.283 e. The summed E-state index contributed by atoms with van der Waals surface area (Å²) in [5.41, 5.74) is 2.68. The lowest BCUT2D eigenvalue weighted by Crippen LogP contribution is -2.45. The average Bonchev–Trinajstić information content (AvgIpc) is 2.62. The number of halogens is 3. The standard InChI is InChI=1S/C17H17F3N4O/c18-17(19,20)13-6-4-5-12(9-13)14-10-15(22-11-21-14)16(25)23-24-7-2-1-3-8-24/h4-6,9-11H,1-3,7-8H2,(H,23,25). The minimum Gasteiger partial charge on any atom is -0.283 e. The molecule has 1 aliphatic rings. The fraction of sp³-hybridized carbons (Fsp3) is 0.353. The maximum atomic E-state index is 12.8.